The van der Waals surface area contributed by atoms with Crippen LogP contribution in [0.15, 0.2) is 24.3 Å². The van der Waals surface area contributed by atoms with Gasteiger partial charge >= 0.3 is 0 Å². The second-order valence-electron chi connectivity index (χ2n) is 5.38. The van der Waals surface area contributed by atoms with Gasteiger partial charge in [0.25, 0.3) is 0 Å². The van der Waals surface area contributed by atoms with Gasteiger partial charge < -0.3 is 15.4 Å². The highest BCUT2D eigenvalue weighted by Gasteiger charge is 2.21. The van der Waals surface area contributed by atoms with Crippen molar-refractivity contribution in [1.29, 1.82) is 0 Å². The van der Waals surface area contributed by atoms with Crippen LogP contribution in [0, 0.1) is 5.92 Å². The molecule has 0 radical (unpaired) electrons. The normalized spacial score (nSPS) is 16.2. The van der Waals surface area contributed by atoms with Crippen LogP contribution in [0.5, 0.6) is 5.75 Å². The van der Waals surface area contributed by atoms with Crippen LogP contribution in [0.3, 0.4) is 0 Å². The third kappa shape index (κ3) is 3.00. The van der Waals surface area contributed by atoms with Gasteiger partial charge in [-0.2, -0.15) is 4.98 Å². The zero-order chi connectivity index (χ0) is 14.7. The number of aromatic amines is 1. The van der Waals surface area contributed by atoms with E-state index in [1.165, 1.54) is 0 Å². The van der Waals surface area contributed by atoms with Crippen LogP contribution in [0.25, 0.3) is 11.4 Å². The molecule has 3 rings (SSSR count). The molecule has 6 nitrogen and oxygen atoms in total. The van der Waals surface area contributed by atoms with E-state index >= 15 is 0 Å². The quantitative estimate of drug-likeness (QED) is 0.894. The number of nitrogens with zero attached hydrogens (tertiary/aromatic N) is 3. The summed E-state index contributed by atoms with van der Waals surface area (Å²) in [5.74, 6) is 2.99. The average molecular weight is 287 g/mol. The van der Waals surface area contributed by atoms with Crippen molar-refractivity contribution in [3.63, 3.8) is 0 Å². The van der Waals surface area contributed by atoms with Crippen LogP contribution >= 0.6 is 0 Å². The van der Waals surface area contributed by atoms with Crippen molar-refractivity contribution in [2.75, 3.05) is 31.6 Å². The number of nitrogens with two attached hydrogens (primary N) is 1. The minimum atomic E-state index is 0.637. The molecule has 1 aromatic carbocycles. The molecule has 0 spiro atoms. The Balaban J connectivity index is 1.74. The minimum Gasteiger partial charge on any atom is -0.497 e. The molecule has 3 N–H and O–H groups in total. The van der Waals surface area contributed by atoms with E-state index in [1.807, 2.05) is 24.3 Å². The zero-order valence-electron chi connectivity index (χ0n) is 12.2. The van der Waals surface area contributed by atoms with E-state index in [0.29, 0.717) is 5.92 Å². The maximum atomic E-state index is 5.73. The molecule has 112 valence electrons. The number of methoxy groups -OCH3 is 1. The standard InChI is InChI=1S/C15H21N5O/c1-21-13-4-2-3-12(9-13)14-17-15(19-18-14)20-7-5-11(10-16)6-8-20/h2-4,9,11H,5-8,10,16H2,1H3,(H,17,18,19). The molecule has 1 saturated heterocycles. The number of nitrogens with one attached hydrogen (secondary N) is 1. The van der Waals surface area contributed by atoms with Crippen LogP contribution in [0.4, 0.5) is 5.95 Å². The molecule has 0 saturated carbocycles. The van der Waals surface area contributed by atoms with Crippen LogP contribution in [0.1, 0.15) is 12.8 Å². The average Bonchev–Trinajstić information content (AvgIpc) is 3.05. The number of ether oxygens (including phenoxy) is 1. The van der Waals surface area contributed by atoms with Gasteiger partial charge in [0.1, 0.15) is 5.75 Å². The lowest BCUT2D eigenvalue weighted by atomic mass is 9.97. The number of hydrogen-bond donors (Lipinski definition) is 2. The summed E-state index contributed by atoms with van der Waals surface area (Å²) in [5.41, 5.74) is 6.70. The Morgan fingerprint density at radius 2 is 2.19 bits per heavy atom. The number of H-pyrrole nitrogens is 1. The van der Waals surface area contributed by atoms with Gasteiger partial charge in [0.2, 0.25) is 5.95 Å². The lowest BCUT2D eigenvalue weighted by molar-refractivity contribution is 0.411. The fraction of sp³-hybridized carbons (Fsp3) is 0.467. The van der Waals surface area contributed by atoms with Crippen molar-refractivity contribution in [3.8, 4) is 17.1 Å². The molecule has 1 fully saturated rings. The molecule has 0 aliphatic carbocycles. The van der Waals surface area contributed by atoms with E-state index in [0.717, 1.165) is 55.6 Å². The molecule has 1 aliphatic heterocycles. The Kier molecular flexibility index (Phi) is 4.06. The topological polar surface area (TPSA) is 80.1 Å². The first-order chi connectivity index (χ1) is 10.3. The Hall–Kier alpha value is -2.08. The van der Waals surface area contributed by atoms with Gasteiger partial charge in [-0.1, -0.05) is 12.1 Å². The Morgan fingerprint density at radius 3 is 2.90 bits per heavy atom. The van der Waals surface area contributed by atoms with Crippen molar-refractivity contribution in [3.05, 3.63) is 24.3 Å². The molecule has 1 aliphatic rings. The van der Waals surface area contributed by atoms with E-state index in [9.17, 15) is 0 Å². The van der Waals surface area contributed by atoms with E-state index in [4.69, 9.17) is 10.5 Å². The van der Waals surface area contributed by atoms with Crippen molar-refractivity contribution >= 4 is 5.95 Å². The van der Waals surface area contributed by atoms with Gasteiger partial charge in [-0.3, -0.25) is 5.10 Å². The largest absolute Gasteiger partial charge is 0.497 e. The zero-order valence-corrected chi connectivity index (χ0v) is 12.2. The third-order valence-electron chi connectivity index (χ3n) is 4.05. The summed E-state index contributed by atoms with van der Waals surface area (Å²) < 4.78 is 5.24. The molecule has 2 aromatic rings. The SMILES string of the molecule is COc1cccc(-c2nc(N3CCC(CN)CC3)n[nH]2)c1. The van der Waals surface area contributed by atoms with Crippen molar-refractivity contribution in [2.45, 2.75) is 12.8 Å². The Morgan fingerprint density at radius 1 is 1.38 bits per heavy atom. The number of aromatic nitrogens is 3. The summed E-state index contributed by atoms with van der Waals surface area (Å²) in [5, 5.41) is 7.35. The summed E-state index contributed by atoms with van der Waals surface area (Å²) in [6.45, 7) is 2.71. The molecule has 6 heteroatoms. The first-order valence-electron chi connectivity index (χ1n) is 7.32. The molecule has 0 amide bonds. The van der Waals surface area contributed by atoms with Gasteiger partial charge in [0.05, 0.1) is 7.11 Å². The van der Waals surface area contributed by atoms with Gasteiger partial charge in [-0.15, -0.1) is 5.10 Å². The highest BCUT2D eigenvalue weighted by atomic mass is 16.5. The highest BCUT2D eigenvalue weighted by Crippen LogP contribution is 2.24. The predicted molar refractivity (Wildman–Crippen MR) is 82.4 cm³/mol. The van der Waals surface area contributed by atoms with E-state index < -0.39 is 0 Å². The van der Waals surface area contributed by atoms with Crippen molar-refractivity contribution in [1.82, 2.24) is 15.2 Å². The molecule has 0 unspecified atom stereocenters. The molecule has 0 bridgehead atoms. The molecule has 0 atom stereocenters. The van der Waals surface area contributed by atoms with Gasteiger partial charge in [0, 0.05) is 18.7 Å². The monoisotopic (exact) mass is 287 g/mol. The van der Waals surface area contributed by atoms with E-state index in [2.05, 4.69) is 20.1 Å². The van der Waals surface area contributed by atoms with Gasteiger partial charge in [-0.25, -0.2) is 0 Å². The number of benzene rings is 1. The molecule has 21 heavy (non-hydrogen) atoms. The third-order valence-corrected chi connectivity index (χ3v) is 4.05. The van der Waals surface area contributed by atoms with Gasteiger partial charge in [0.15, 0.2) is 5.82 Å². The lowest BCUT2D eigenvalue weighted by Crippen LogP contribution is -2.36. The highest BCUT2D eigenvalue weighted by molar-refractivity contribution is 5.58. The summed E-state index contributed by atoms with van der Waals surface area (Å²) in [6, 6.07) is 7.81. The minimum absolute atomic E-state index is 0.637. The maximum absolute atomic E-state index is 5.73. The molecular weight excluding hydrogens is 266 g/mol. The fourth-order valence-electron chi connectivity index (χ4n) is 2.66. The van der Waals surface area contributed by atoms with Crippen LogP contribution in [-0.4, -0.2) is 41.9 Å². The number of rotatable bonds is 4. The first kappa shape index (κ1) is 13.9. The summed E-state index contributed by atoms with van der Waals surface area (Å²) in [7, 11) is 1.66. The molecule has 2 heterocycles. The Bertz CT molecular complexity index is 589. The maximum Gasteiger partial charge on any atom is 0.245 e. The molecule has 1 aromatic heterocycles. The number of anilines is 1. The van der Waals surface area contributed by atoms with Crippen molar-refractivity contribution in [2.24, 2.45) is 11.7 Å². The van der Waals surface area contributed by atoms with E-state index in [1.54, 1.807) is 7.11 Å². The summed E-state index contributed by atoms with van der Waals surface area (Å²) >= 11 is 0. The van der Waals surface area contributed by atoms with Gasteiger partial charge in [-0.05, 0) is 37.4 Å². The fourth-order valence-corrected chi connectivity index (χ4v) is 2.66. The summed E-state index contributed by atoms with van der Waals surface area (Å²) in [6.07, 6.45) is 2.22. The Labute approximate surface area is 124 Å². The smallest absolute Gasteiger partial charge is 0.245 e. The molecular formula is C15H21N5O. The summed E-state index contributed by atoms with van der Waals surface area (Å²) in [4.78, 5) is 6.82. The first-order valence-corrected chi connectivity index (χ1v) is 7.32. The predicted octanol–water partition coefficient (Wildman–Crippen LogP) is 1.66. The van der Waals surface area contributed by atoms with Crippen LogP contribution < -0.4 is 15.4 Å². The second-order valence-corrected chi connectivity index (χ2v) is 5.38. The van der Waals surface area contributed by atoms with Crippen LogP contribution in [0.2, 0.25) is 0 Å². The lowest BCUT2D eigenvalue weighted by Gasteiger charge is -2.30. The number of piperidine rings is 1. The van der Waals surface area contributed by atoms with E-state index in [-0.39, 0.29) is 0 Å². The van der Waals surface area contributed by atoms with Crippen LogP contribution in [-0.2, 0) is 0 Å². The second kappa shape index (κ2) is 6.13. The number of hydrogen-bond acceptors (Lipinski definition) is 5. The van der Waals surface area contributed by atoms with Crippen molar-refractivity contribution < 1.29 is 4.74 Å².